The zero-order chi connectivity index (χ0) is 11.9. The number of halogens is 1. The largest absolute Gasteiger partial charge is 0.398 e. The standard InChI is InChI=1S/C13H17BrN2O/c14-11-7-10(1-2-12(11)15)16-8-13(9-16)3-5-17-6-4-13/h1-2,7H,3-6,8-9,15H2. The molecule has 0 saturated carbocycles. The lowest BCUT2D eigenvalue weighted by Gasteiger charge is -2.53. The third kappa shape index (κ3) is 2.04. The van der Waals surface area contributed by atoms with Crippen molar-refractivity contribution in [2.45, 2.75) is 12.8 Å². The van der Waals surface area contributed by atoms with Crippen LogP contribution in [0.25, 0.3) is 0 Å². The lowest BCUT2D eigenvalue weighted by molar-refractivity contribution is -0.000192. The average molecular weight is 297 g/mol. The van der Waals surface area contributed by atoms with Crippen LogP contribution < -0.4 is 10.6 Å². The van der Waals surface area contributed by atoms with Gasteiger partial charge in [0.25, 0.3) is 0 Å². The predicted octanol–water partition coefficient (Wildman–Crippen LogP) is 2.65. The summed E-state index contributed by atoms with van der Waals surface area (Å²) >= 11 is 3.48. The molecule has 1 aromatic carbocycles. The molecular weight excluding hydrogens is 280 g/mol. The molecular formula is C13H17BrN2O. The normalized spacial score (nSPS) is 22.5. The van der Waals surface area contributed by atoms with Crippen LogP contribution in [0.3, 0.4) is 0 Å². The van der Waals surface area contributed by atoms with Crippen LogP contribution >= 0.6 is 15.9 Å². The number of anilines is 2. The van der Waals surface area contributed by atoms with Gasteiger partial charge in [-0.2, -0.15) is 0 Å². The van der Waals surface area contributed by atoms with E-state index in [4.69, 9.17) is 10.5 Å². The molecule has 2 saturated heterocycles. The number of nitrogens with two attached hydrogens (primary N) is 1. The monoisotopic (exact) mass is 296 g/mol. The van der Waals surface area contributed by atoms with Gasteiger partial charge in [0.2, 0.25) is 0 Å². The third-order valence-electron chi connectivity index (χ3n) is 3.96. The van der Waals surface area contributed by atoms with Gasteiger partial charge in [-0.3, -0.25) is 0 Å². The predicted molar refractivity (Wildman–Crippen MR) is 73.3 cm³/mol. The van der Waals surface area contributed by atoms with Gasteiger partial charge in [0.1, 0.15) is 0 Å². The summed E-state index contributed by atoms with van der Waals surface area (Å²) in [5, 5.41) is 0. The summed E-state index contributed by atoms with van der Waals surface area (Å²) in [6.45, 7) is 4.18. The Morgan fingerprint density at radius 2 is 1.94 bits per heavy atom. The van der Waals surface area contributed by atoms with E-state index in [1.807, 2.05) is 6.07 Å². The maximum Gasteiger partial charge on any atom is 0.0472 e. The Labute approximate surface area is 110 Å². The molecule has 1 aromatic rings. The Morgan fingerprint density at radius 3 is 2.59 bits per heavy atom. The fourth-order valence-electron chi connectivity index (χ4n) is 2.78. The van der Waals surface area contributed by atoms with E-state index in [1.165, 1.54) is 18.5 Å². The Hall–Kier alpha value is -0.740. The average Bonchev–Trinajstić information content (AvgIpc) is 2.31. The van der Waals surface area contributed by atoms with Gasteiger partial charge in [-0.15, -0.1) is 0 Å². The maximum absolute atomic E-state index is 5.80. The van der Waals surface area contributed by atoms with E-state index in [0.717, 1.165) is 36.5 Å². The fraction of sp³-hybridized carbons (Fsp3) is 0.538. The van der Waals surface area contributed by atoms with Crippen molar-refractivity contribution in [2.75, 3.05) is 36.9 Å². The van der Waals surface area contributed by atoms with Crippen molar-refractivity contribution >= 4 is 27.3 Å². The van der Waals surface area contributed by atoms with E-state index < -0.39 is 0 Å². The van der Waals surface area contributed by atoms with Crippen molar-refractivity contribution in [3.8, 4) is 0 Å². The zero-order valence-electron chi connectivity index (χ0n) is 9.79. The molecule has 1 spiro atoms. The van der Waals surface area contributed by atoms with Crippen molar-refractivity contribution in [3.63, 3.8) is 0 Å². The molecule has 3 nitrogen and oxygen atoms in total. The zero-order valence-corrected chi connectivity index (χ0v) is 11.4. The van der Waals surface area contributed by atoms with Gasteiger partial charge in [-0.1, -0.05) is 0 Å². The van der Waals surface area contributed by atoms with Crippen molar-refractivity contribution in [2.24, 2.45) is 5.41 Å². The molecule has 0 bridgehead atoms. The molecule has 2 aliphatic heterocycles. The molecule has 0 amide bonds. The van der Waals surface area contributed by atoms with Gasteiger partial charge in [-0.25, -0.2) is 0 Å². The highest BCUT2D eigenvalue weighted by molar-refractivity contribution is 9.10. The second-order valence-corrected chi connectivity index (χ2v) is 6.03. The van der Waals surface area contributed by atoms with E-state index in [2.05, 4.69) is 33.0 Å². The van der Waals surface area contributed by atoms with Gasteiger partial charge in [0.05, 0.1) is 0 Å². The number of ether oxygens (including phenoxy) is 1. The van der Waals surface area contributed by atoms with Crippen molar-refractivity contribution in [3.05, 3.63) is 22.7 Å². The molecule has 2 N–H and O–H groups in total. The molecule has 0 aromatic heterocycles. The number of rotatable bonds is 1. The summed E-state index contributed by atoms with van der Waals surface area (Å²) in [7, 11) is 0. The van der Waals surface area contributed by atoms with Crippen LogP contribution in [0.5, 0.6) is 0 Å². The van der Waals surface area contributed by atoms with Crippen LogP contribution in [0, 0.1) is 5.41 Å². The van der Waals surface area contributed by atoms with E-state index in [1.54, 1.807) is 0 Å². The van der Waals surface area contributed by atoms with Gasteiger partial charge < -0.3 is 15.4 Å². The summed E-state index contributed by atoms with van der Waals surface area (Å²) in [5.41, 5.74) is 8.39. The Bertz CT molecular complexity index is 421. The van der Waals surface area contributed by atoms with Gasteiger partial charge in [0.15, 0.2) is 0 Å². The fourth-order valence-corrected chi connectivity index (χ4v) is 3.15. The van der Waals surface area contributed by atoms with E-state index in [9.17, 15) is 0 Å². The molecule has 0 atom stereocenters. The molecule has 0 radical (unpaired) electrons. The Morgan fingerprint density at radius 1 is 1.24 bits per heavy atom. The van der Waals surface area contributed by atoms with Crippen LogP contribution in [-0.4, -0.2) is 26.3 Å². The van der Waals surface area contributed by atoms with Gasteiger partial charge in [0, 0.05) is 47.6 Å². The lowest BCUT2D eigenvalue weighted by Crippen LogP contribution is -2.58. The minimum Gasteiger partial charge on any atom is -0.398 e. The van der Waals surface area contributed by atoms with E-state index in [-0.39, 0.29) is 0 Å². The maximum atomic E-state index is 5.80. The second kappa shape index (κ2) is 4.18. The van der Waals surface area contributed by atoms with Crippen molar-refractivity contribution < 1.29 is 4.74 Å². The smallest absolute Gasteiger partial charge is 0.0472 e. The van der Waals surface area contributed by atoms with Crippen LogP contribution in [0.2, 0.25) is 0 Å². The minimum atomic E-state index is 0.520. The highest BCUT2D eigenvalue weighted by atomic mass is 79.9. The molecule has 17 heavy (non-hydrogen) atoms. The first-order chi connectivity index (χ1) is 8.19. The number of benzene rings is 1. The topological polar surface area (TPSA) is 38.5 Å². The molecule has 3 rings (SSSR count). The van der Waals surface area contributed by atoms with Crippen molar-refractivity contribution in [1.82, 2.24) is 0 Å². The minimum absolute atomic E-state index is 0.520. The molecule has 2 fully saturated rings. The molecule has 92 valence electrons. The van der Waals surface area contributed by atoms with Gasteiger partial charge in [-0.05, 0) is 47.0 Å². The first-order valence-corrected chi connectivity index (χ1v) is 6.86. The van der Waals surface area contributed by atoms with Crippen LogP contribution in [0.1, 0.15) is 12.8 Å². The number of hydrogen-bond donors (Lipinski definition) is 1. The highest BCUT2D eigenvalue weighted by Gasteiger charge is 2.43. The number of nitrogen functional groups attached to an aromatic ring is 1. The lowest BCUT2D eigenvalue weighted by atomic mass is 9.73. The Kier molecular flexibility index (Phi) is 2.79. The summed E-state index contributed by atoms with van der Waals surface area (Å²) in [4.78, 5) is 2.43. The summed E-state index contributed by atoms with van der Waals surface area (Å²) < 4.78 is 6.42. The first-order valence-electron chi connectivity index (χ1n) is 6.06. The molecule has 0 aliphatic carbocycles. The molecule has 4 heteroatoms. The number of hydrogen-bond acceptors (Lipinski definition) is 3. The Balaban J connectivity index is 1.70. The number of nitrogens with zero attached hydrogens (tertiary/aromatic N) is 1. The first kappa shape index (κ1) is 11.4. The quantitative estimate of drug-likeness (QED) is 0.810. The molecule has 2 heterocycles. The van der Waals surface area contributed by atoms with Crippen LogP contribution in [-0.2, 0) is 4.74 Å². The van der Waals surface area contributed by atoms with Crippen molar-refractivity contribution in [1.29, 1.82) is 0 Å². The summed E-state index contributed by atoms with van der Waals surface area (Å²) in [6, 6.07) is 6.18. The van der Waals surface area contributed by atoms with Crippen LogP contribution in [0.4, 0.5) is 11.4 Å². The summed E-state index contributed by atoms with van der Waals surface area (Å²) in [5.74, 6) is 0. The molecule has 0 unspecified atom stereocenters. The SMILES string of the molecule is Nc1ccc(N2CC3(CCOCC3)C2)cc1Br. The van der Waals surface area contributed by atoms with Crippen LogP contribution in [0.15, 0.2) is 22.7 Å². The van der Waals surface area contributed by atoms with Gasteiger partial charge >= 0.3 is 0 Å². The second-order valence-electron chi connectivity index (χ2n) is 5.17. The molecule has 2 aliphatic rings. The third-order valence-corrected chi connectivity index (χ3v) is 4.64. The van der Waals surface area contributed by atoms with E-state index >= 15 is 0 Å². The summed E-state index contributed by atoms with van der Waals surface area (Å²) in [6.07, 6.45) is 2.42. The highest BCUT2D eigenvalue weighted by Crippen LogP contribution is 2.42. The van der Waals surface area contributed by atoms with E-state index in [0.29, 0.717) is 5.41 Å².